The molecule has 1 aliphatic rings. The zero-order valence-electron chi connectivity index (χ0n) is 15.9. The number of carbonyl (C=O) groups excluding carboxylic acids is 3. The summed E-state index contributed by atoms with van der Waals surface area (Å²) in [5.41, 5.74) is 0.673. The van der Waals surface area contributed by atoms with Crippen molar-refractivity contribution in [3.05, 3.63) is 52.8 Å². The summed E-state index contributed by atoms with van der Waals surface area (Å²) in [5, 5.41) is 2.54. The molecule has 1 aliphatic heterocycles. The molecule has 0 spiro atoms. The topological polar surface area (TPSA) is 100 Å². The molecule has 1 amide bonds. The number of carbonyl (C=O) groups is 3. The Morgan fingerprint density at radius 1 is 1.10 bits per heavy atom. The van der Waals surface area contributed by atoms with Crippen molar-refractivity contribution in [2.24, 2.45) is 0 Å². The van der Waals surface area contributed by atoms with Crippen LogP contribution in [0.2, 0.25) is 0 Å². The maximum Gasteiger partial charge on any atom is 0.340 e. The number of anilines is 1. The molecule has 2 aromatic rings. The molecule has 0 bridgehead atoms. The lowest BCUT2D eigenvalue weighted by molar-refractivity contribution is -0.125. The van der Waals surface area contributed by atoms with Gasteiger partial charge in [-0.2, -0.15) is 0 Å². The van der Waals surface area contributed by atoms with Gasteiger partial charge in [-0.05, 0) is 23.8 Å². The molecule has 1 heterocycles. The summed E-state index contributed by atoms with van der Waals surface area (Å²) in [6.07, 6.45) is -1.21. The largest absolute Gasteiger partial charge is 0.493 e. The molecule has 29 heavy (non-hydrogen) atoms. The summed E-state index contributed by atoms with van der Waals surface area (Å²) in [4.78, 5) is 37.0. The number of cyclic esters (lactones) is 1. The van der Waals surface area contributed by atoms with Crippen LogP contribution >= 0.6 is 0 Å². The number of ether oxygens (including phenoxy) is 4. The molecule has 0 saturated carbocycles. The molecule has 8 nitrogen and oxygen atoms in total. The number of fused-ring (bicyclic) bond motifs is 1. The second-order valence-electron chi connectivity index (χ2n) is 6.13. The van der Waals surface area contributed by atoms with Gasteiger partial charge in [0.15, 0.2) is 17.6 Å². The first-order valence-electron chi connectivity index (χ1n) is 8.52. The molecule has 0 fully saturated rings. The minimum atomic E-state index is -1.20. The quantitative estimate of drug-likeness (QED) is 0.765. The maximum atomic E-state index is 13.5. The molecule has 0 aliphatic carbocycles. The summed E-state index contributed by atoms with van der Waals surface area (Å²) < 4.78 is 33.8. The Hall–Kier alpha value is -3.62. The molecule has 1 unspecified atom stereocenters. The van der Waals surface area contributed by atoms with Crippen LogP contribution in [0, 0.1) is 5.82 Å². The van der Waals surface area contributed by atoms with Crippen molar-refractivity contribution < 1.29 is 37.7 Å². The van der Waals surface area contributed by atoms with E-state index in [1.54, 1.807) is 0 Å². The Kier molecular flexibility index (Phi) is 5.67. The Morgan fingerprint density at radius 3 is 2.45 bits per heavy atom. The van der Waals surface area contributed by atoms with Gasteiger partial charge in [-0.3, -0.25) is 4.79 Å². The van der Waals surface area contributed by atoms with Crippen LogP contribution in [-0.2, 0) is 20.7 Å². The average molecular weight is 403 g/mol. The predicted molar refractivity (Wildman–Crippen MR) is 98.8 cm³/mol. The number of benzene rings is 2. The zero-order chi connectivity index (χ0) is 21.1. The predicted octanol–water partition coefficient (Wildman–Crippen LogP) is 2.35. The summed E-state index contributed by atoms with van der Waals surface area (Å²) in [5.74, 6) is -2.12. The highest BCUT2D eigenvalue weighted by atomic mass is 19.1. The van der Waals surface area contributed by atoms with Crippen molar-refractivity contribution in [2.75, 3.05) is 26.6 Å². The minimum absolute atomic E-state index is 0.00842. The molecule has 9 heteroatoms. The van der Waals surface area contributed by atoms with Gasteiger partial charge < -0.3 is 24.3 Å². The van der Waals surface area contributed by atoms with E-state index in [-0.39, 0.29) is 34.7 Å². The highest BCUT2D eigenvalue weighted by Crippen LogP contribution is 2.34. The minimum Gasteiger partial charge on any atom is -0.493 e. The van der Waals surface area contributed by atoms with Crippen LogP contribution in [0.3, 0.4) is 0 Å². The summed E-state index contributed by atoms with van der Waals surface area (Å²) in [6, 6.07) is 6.39. The first-order chi connectivity index (χ1) is 13.9. The molecule has 0 radical (unpaired) electrons. The van der Waals surface area contributed by atoms with Crippen molar-refractivity contribution in [1.29, 1.82) is 0 Å². The summed E-state index contributed by atoms with van der Waals surface area (Å²) in [7, 11) is 3.99. The number of hydrogen-bond acceptors (Lipinski definition) is 7. The SMILES string of the molecule is COC(=O)c1cc(OC)c(OC)cc1NC(=O)C1Cc2cc(F)ccc2C(=O)O1. The lowest BCUT2D eigenvalue weighted by atomic mass is 9.98. The van der Waals surface area contributed by atoms with Gasteiger partial charge in [0.25, 0.3) is 5.91 Å². The van der Waals surface area contributed by atoms with E-state index < -0.39 is 29.8 Å². The van der Waals surface area contributed by atoms with Crippen molar-refractivity contribution >= 4 is 23.5 Å². The molecule has 1 N–H and O–H groups in total. The smallest absolute Gasteiger partial charge is 0.340 e. The third-order valence-electron chi connectivity index (χ3n) is 4.42. The van der Waals surface area contributed by atoms with Crippen LogP contribution in [-0.4, -0.2) is 45.3 Å². The van der Waals surface area contributed by atoms with Crippen molar-refractivity contribution in [2.45, 2.75) is 12.5 Å². The van der Waals surface area contributed by atoms with Gasteiger partial charge in [0, 0.05) is 18.6 Å². The van der Waals surface area contributed by atoms with Crippen LogP contribution < -0.4 is 14.8 Å². The van der Waals surface area contributed by atoms with E-state index in [0.717, 1.165) is 6.07 Å². The molecular formula is C20H18FNO7. The van der Waals surface area contributed by atoms with Crippen LogP contribution in [0.15, 0.2) is 30.3 Å². The fourth-order valence-electron chi connectivity index (χ4n) is 2.99. The number of rotatable bonds is 5. The van der Waals surface area contributed by atoms with Crippen molar-refractivity contribution in [3.8, 4) is 11.5 Å². The fraction of sp³-hybridized carbons (Fsp3) is 0.250. The van der Waals surface area contributed by atoms with E-state index in [2.05, 4.69) is 5.32 Å². The van der Waals surface area contributed by atoms with Crippen LogP contribution in [0.1, 0.15) is 26.3 Å². The first-order valence-corrected chi connectivity index (χ1v) is 8.52. The molecule has 0 saturated heterocycles. The highest BCUT2D eigenvalue weighted by molar-refractivity contribution is 6.05. The van der Waals surface area contributed by atoms with E-state index in [1.165, 1.54) is 45.6 Å². The number of halogens is 1. The fourth-order valence-corrected chi connectivity index (χ4v) is 2.99. The molecule has 3 rings (SSSR count). The number of methoxy groups -OCH3 is 3. The van der Waals surface area contributed by atoms with Gasteiger partial charge in [0.1, 0.15) is 5.82 Å². The van der Waals surface area contributed by atoms with Gasteiger partial charge >= 0.3 is 11.9 Å². The maximum absolute atomic E-state index is 13.5. The summed E-state index contributed by atoms with van der Waals surface area (Å²) in [6.45, 7) is 0. The number of esters is 2. The standard InChI is InChI=1S/C20H18FNO7/c1-26-15-8-13(19(24)28-3)14(9-16(15)27-2)22-18(23)17-7-10-6-11(21)4-5-12(10)20(25)29-17/h4-6,8-9,17H,7H2,1-3H3,(H,22,23). The number of amides is 1. The zero-order valence-corrected chi connectivity index (χ0v) is 15.9. The van der Waals surface area contributed by atoms with E-state index in [0.29, 0.717) is 5.56 Å². The van der Waals surface area contributed by atoms with Gasteiger partial charge in [0.05, 0.1) is 38.1 Å². The van der Waals surface area contributed by atoms with Gasteiger partial charge in [-0.15, -0.1) is 0 Å². The highest BCUT2D eigenvalue weighted by Gasteiger charge is 2.32. The molecule has 0 aromatic heterocycles. The third-order valence-corrected chi connectivity index (χ3v) is 4.42. The normalized spacial score (nSPS) is 15.0. The monoisotopic (exact) mass is 403 g/mol. The Morgan fingerprint density at radius 2 is 1.79 bits per heavy atom. The molecule has 152 valence electrons. The number of hydrogen-bond donors (Lipinski definition) is 1. The van der Waals surface area contributed by atoms with Crippen molar-refractivity contribution in [3.63, 3.8) is 0 Å². The van der Waals surface area contributed by atoms with Crippen LogP contribution in [0.25, 0.3) is 0 Å². The Bertz CT molecular complexity index is 989. The van der Waals surface area contributed by atoms with E-state index in [1.807, 2.05) is 0 Å². The molecular weight excluding hydrogens is 385 g/mol. The third kappa shape index (κ3) is 3.98. The summed E-state index contributed by atoms with van der Waals surface area (Å²) >= 11 is 0. The number of nitrogens with one attached hydrogen (secondary N) is 1. The van der Waals surface area contributed by atoms with E-state index in [4.69, 9.17) is 18.9 Å². The molecule has 2 aromatic carbocycles. The van der Waals surface area contributed by atoms with Crippen LogP contribution in [0.5, 0.6) is 11.5 Å². The van der Waals surface area contributed by atoms with Gasteiger partial charge in [-0.25, -0.2) is 14.0 Å². The second kappa shape index (κ2) is 8.17. The van der Waals surface area contributed by atoms with Gasteiger partial charge in [-0.1, -0.05) is 0 Å². The Labute approximate surface area is 165 Å². The van der Waals surface area contributed by atoms with Gasteiger partial charge in [0.2, 0.25) is 0 Å². The van der Waals surface area contributed by atoms with Crippen molar-refractivity contribution in [1.82, 2.24) is 0 Å². The second-order valence-corrected chi connectivity index (χ2v) is 6.13. The van der Waals surface area contributed by atoms with Crippen LogP contribution in [0.4, 0.5) is 10.1 Å². The molecule has 1 atom stereocenters. The average Bonchev–Trinajstić information content (AvgIpc) is 2.72. The van der Waals surface area contributed by atoms with E-state index >= 15 is 0 Å². The van der Waals surface area contributed by atoms with E-state index in [9.17, 15) is 18.8 Å². The Balaban J connectivity index is 1.90. The lowest BCUT2D eigenvalue weighted by Gasteiger charge is -2.24. The first kappa shape index (κ1) is 20.1. The lowest BCUT2D eigenvalue weighted by Crippen LogP contribution is -2.38.